The van der Waals surface area contributed by atoms with Crippen LogP contribution in [0, 0.1) is 12.8 Å². The van der Waals surface area contributed by atoms with Crippen molar-refractivity contribution in [2.24, 2.45) is 5.92 Å². The standard InChI is InChI=1S/C25H24N4O/c1-16-9-20(7-8-26-16)27-19-5-6-23-18(10-19)15-29(24(23)30)22-4-2-3-21(11-22)28-25-12-17(13-25)14-25/h2-11,17,28H,12-15H2,1H3,(H,26,27). The summed E-state index contributed by atoms with van der Waals surface area (Å²) in [7, 11) is 0. The van der Waals surface area contributed by atoms with Crippen LogP contribution < -0.4 is 15.5 Å². The number of benzene rings is 2. The number of carbonyl (C=O) groups is 1. The molecule has 2 aromatic carbocycles. The minimum Gasteiger partial charge on any atom is -0.380 e. The topological polar surface area (TPSA) is 57.3 Å². The lowest BCUT2D eigenvalue weighted by Crippen LogP contribution is -2.63. The van der Waals surface area contributed by atoms with E-state index in [4.69, 9.17) is 0 Å². The van der Waals surface area contributed by atoms with Gasteiger partial charge in [0.1, 0.15) is 0 Å². The molecule has 7 rings (SSSR count). The number of rotatable bonds is 5. The summed E-state index contributed by atoms with van der Waals surface area (Å²) in [5, 5.41) is 7.12. The smallest absolute Gasteiger partial charge is 0.258 e. The molecule has 3 aliphatic carbocycles. The van der Waals surface area contributed by atoms with Crippen LogP contribution in [0.25, 0.3) is 0 Å². The van der Waals surface area contributed by atoms with Crippen molar-refractivity contribution in [3.8, 4) is 0 Å². The maximum absolute atomic E-state index is 13.1. The van der Waals surface area contributed by atoms with Crippen molar-refractivity contribution in [1.29, 1.82) is 0 Å². The van der Waals surface area contributed by atoms with Crippen LogP contribution >= 0.6 is 0 Å². The summed E-state index contributed by atoms with van der Waals surface area (Å²) in [6, 6.07) is 18.2. The van der Waals surface area contributed by atoms with Gasteiger partial charge in [-0.15, -0.1) is 0 Å². The molecule has 5 nitrogen and oxygen atoms in total. The number of carbonyl (C=O) groups excluding carboxylic acids is 1. The minimum absolute atomic E-state index is 0.0685. The maximum Gasteiger partial charge on any atom is 0.258 e. The van der Waals surface area contributed by atoms with E-state index in [1.807, 2.05) is 48.2 Å². The Bertz CT molecular complexity index is 1150. The van der Waals surface area contributed by atoms with Gasteiger partial charge in [0.2, 0.25) is 0 Å². The van der Waals surface area contributed by atoms with E-state index in [9.17, 15) is 4.79 Å². The molecule has 0 atom stereocenters. The van der Waals surface area contributed by atoms with Gasteiger partial charge >= 0.3 is 0 Å². The summed E-state index contributed by atoms with van der Waals surface area (Å²) >= 11 is 0. The van der Waals surface area contributed by atoms with Crippen LogP contribution in [0.1, 0.15) is 40.9 Å². The third-order valence-electron chi connectivity index (χ3n) is 6.70. The van der Waals surface area contributed by atoms with Gasteiger partial charge in [-0.3, -0.25) is 9.78 Å². The molecule has 0 unspecified atom stereocenters. The van der Waals surface area contributed by atoms with Gasteiger partial charge in [0.15, 0.2) is 0 Å². The second-order valence-corrected chi connectivity index (χ2v) is 9.01. The zero-order chi connectivity index (χ0) is 20.3. The van der Waals surface area contributed by atoms with Gasteiger partial charge in [0, 0.05) is 45.7 Å². The van der Waals surface area contributed by atoms with Crippen LogP contribution in [0.4, 0.5) is 22.7 Å². The number of hydrogen-bond donors (Lipinski definition) is 2. The Labute approximate surface area is 176 Å². The molecule has 150 valence electrons. The Kier molecular flexibility index (Phi) is 3.69. The highest BCUT2D eigenvalue weighted by molar-refractivity contribution is 6.10. The lowest BCUT2D eigenvalue weighted by atomic mass is 9.50. The molecular weight excluding hydrogens is 372 g/mol. The van der Waals surface area contributed by atoms with Gasteiger partial charge in [-0.25, -0.2) is 0 Å². The van der Waals surface area contributed by atoms with E-state index in [0.717, 1.165) is 45.5 Å². The van der Waals surface area contributed by atoms with E-state index < -0.39 is 0 Å². The highest BCUT2D eigenvalue weighted by Gasteiger charge is 2.56. The predicted molar refractivity (Wildman–Crippen MR) is 119 cm³/mol. The molecule has 0 saturated heterocycles. The first-order valence-corrected chi connectivity index (χ1v) is 10.6. The van der Waals surface area contributed by atoms with Crippen molar-refractivity contribution in [2.75, 3.05) is 15.5 Å². The number of fused-ring (bicyclic) bond motifs is 1. The van der Waals surface area contributed by atoms with E-state index in [0.29, 0.717) is 12.1 Å². The molecule has 4 aliphatic rings. The first kappa shape index (κ1) is 17.5. The van der Waals surface area contributed by atoms with E-state index in [-0.39, 0.29) is 5.91 Å². The molecule has 2 bridgehead atoms. The zero-order valence-corrected chi connectivity index (χ0v) is 17.0. The Morgan fingerprint density at radius 1 is 1.00 bits per heavy atom. The van der Waals surface area contributed by atoms with Crippen LogP contribution in [0.5, 0.6) is 0 Å². The van der Waals surface area contributed by atoms with Gasteiger partial charge in [0.25, 0.3) is 5.91 Å². The average molecular weight is 396 g/mol. The second kappa shape index (κ2) is 6.33. The summed E-state index contributed by atoms with van der Waals surface area (Å²) in [5.41, 5.74) is 7.17. The number of hydrogen-bond acceptors (Lipinski definition) is 4. The van der Waals surface area contributed by atoms with Gasteiger partial charge in [0.05, 0.1) is 6.54 Å². The summed E-state index contributed by atoms with van der Waals surface area (Å²) < 4.78 is 0. The first-order valence-electron chi connectivity index (χ1n) is 10.6. The quantitative estimate of drug-likeness (QED) is 0.618. The molecule has 3 fully saturated rings. The molecule has 3 aromatic rings. The number of aryl methyl sites for hydroxylation is 1. The number of amides is 1. The normalized spacial score (nSPS) is 23.4. The van der Waals surface area contributed by atoms with Gasteiger partial charge in [-0.05, 0) is 86.2 Å². The second-order valence-electron chi connectivity index (χ2n) is 9.01. The van der Waals surface area contributed by atoms with E-state index in [1.54, 1.807) is 6.20 Å². The number of nitrogens with one attached hydrogen (secondary N) is 2. The molecule has 1 aliphatic heterocycles. The highest BCUT2D eigenvalue weighted by atomic mass is 16.2. The Hall–Kier alpha value is -3.34. The Morgan fingerprint density at radius 3 is 2.60 bits per heavy atom. The Morgan fingerprint density at radius 2 is 1.83 bits per heavy atom. The van der Waals surface area contributed by atoms with Crippen molar-refractivity contribution >= 4 is 28.7 Å². The van der Waals surface area contributed by atoms with Crippen LogP contribution in [-0.4, -0.2) is 16.4 Å². The molecule has 0 radical (unpaired) electrons. The molecule has 2 heterocycles. The van der Waals surface area contributed by atoms with E-state index >= 15 is 0 Å². The highest BCUT2D eigenvalue weighted by Crippen LogP contribution is 2.58. The van der Waals surface area contributed by atoms with Crippen LogP contribution in [-0.2, 0) is 6.54 Å². The molecule has 30 heavy (non-hydrogen) atoms. The zero-order valence-electron chi connectivity index (χ0n) is 17.0. The molecule has 1 aromatic heterocycles. The summed E-state index contributed by atoms with van der Waals surface area (Å²) in [6.45, 7) is 2.57. The lowest BCUT2D eigenvalue weighted by molar-refractivity contribution is 0.00214. The predicted octanol–water partition coefficient (Wildman–Crippen LogP) is 5.26. The number of pyridine rings is 1. The fraction of sp³-hybridized carbons (Fsp3) is 0.280. The molecular formula is C25H24N4O. The van der Waals surface area contributed by atoms with Crippen molar-refractivity contribution < 1.29 is 4.79 Å². The van der Waals surface area contributed by atoms with Crippen molar-refractivity contribution in [3.63, 3.8) is 0 Å². The first-order chi connectivity index (χ1) is 14.6. The third-order valence-corrected chi connectivity index (χ3v) is 6.70. The van der Waals surface area contributed by atoms with Gasteiger partial charge < -0.3 is 15.5 Å². The average Bonchev–Trinajstić information content (AvgIpc) is 3.00. The number of nitrogens with zero attached hydrogens (tertiary/aromatic N) is 2. The van der Waals surface area contributed by atoms with Crippen molar-refractivity contribution in [3.05, 3.63) is 77.6 Å². The Balaban J connectivity index is 1.22. The fourth-order valence-electron chi connectivity index (χ4n) is 5.09. The lowest BCUT2D eigenvalue weighted by Gasteiger charge is -2.62. The van der Waals surface area contributed by atoms with Crippen LogP contribution in [0.2, 0.25) is 0 Å². The van der Waals surface area contributed by atoms with Gasteiger partial charge in [-0.2, -0.15) is 0 Å². The monoisotopic (exact) mass is 396 g/mol. The maximum atomic E-state index is 13.1. The summed E-state index contributed by atoms with van der Waals surface area (Å²) in [5.74, 6) is 1.01. The summed E-state index contributed by atoms with van der Waals surface area (Å²) in [4.78, 5) is 19.2. The molecule has 3 saturated carbocycles. The SMILES string of the molecule is Cc1cc(Nc2ccc3c(c2)CN(c2cccc(NC45CC(C4)C5)c2)C3=O)ccn1. The largest absolute Gasteiger partial charge is 0.380 e. The van der Waals surface area contributed by atoms with Crippen LogP contribution in [0.15, 0.2) is 60.8 Å². The number of aromatic nitrogens is 1. The van der Waals surface area contributed by atoms with Crippen LogP contribution in [0.3, 0.4) is 0 Å². The third kappa shape index (κ3) is 2.84. The summed E-state index contributed by atoms with van der Waals surface area (Å²) in [6.07, 6.45) is 5.67. The minimum atomic E-state index is 0.0685. The molecule has 2 N–H and O–H groups in total. The fourth-order valence-corrected chi connectivity index (χ4v) is 5.09. The van der Waals surface area contributed by atoms with Crippen molar-refractivity contribution in [1.82, 2.24) is 4.98 Å². The van der Waals surface area contributed by atoms with E-state index in [2.05, 4.69) is 33.8 Å². The van der Waals surface area contributed by atoms with Gasteiger partial charge in [-0.1, -0.05) is 6.07 Å². The number of anilines is 4. The van der Waals surface area contributed by atoms with Crippen molar-refractivity contribution in [2.45, 2.75) is 38.3 Å². The molecule has 1 amide bonds. The van der Waals surface area contributed by atoms with E-state index in [1.165, 1.54) is 19.3 Å². The molecule has 0 spiro atoms. The molecule has 5 heteroatoms.